The molecule has 0 saturated heterocycles. The summed E-state index contributed by atoms with van der Waals surface area (Å²) >= 11 is 1.51. The number of aromatic nitrogens is 2. The van der Waals surface area contributed by atoms with Crippen LogP contribution in [0.25, 0.3) is 16.2 Å². The second-order valence-electron chi connectivity index (χ2n) is 5.75. The molecule has 2 aromatic heterocycles. The third-order valence-corrected chi connectivity index (χ3v) is 5.85. The van der Waals surface area contributed by atoms with Crippen molar-refractivity contribution in [3.05, 3.63) is 77.7 Å². The van der Waals surface area contributed by atoms with E-state index in [1.807, 2.05) is 34.3 Å². The minimum absolute atomic E-state index is 0.236. The van der Waals surface area contributed by atoms with Crippen molar-refractivity contribution < 1.29 is 12.8 Å². The summed E-state index contributed by atoms with van der Waals surface area (Å²) in [5.74, 6) is -0.635. The minimum atomic E-state index is -3.65. The van der Waals surface area contributed by atoms with Crippen LogP contribution in [-0.2, 0) is 15.8 Å². The van der Waals surface area contributed by atoms with Crippen molar-refractivity contribution in [3.8, 4) is 11.3 Å². The molecule has 1 N–H and O–H groups in total. The molecule has 2 aromatic carbocycles. The fourth-order valence-electron chi connectivity index (χ4n) is 2.66. The van der Waals surface area contributed by atoms with Crippen molar-refractivity contribution in [2.45, 2.75) is 5.75 Å². The molecule has 8 heteroatoms. The average molecular weight is 387 g/mol. The van der Waals surface area contributed by atoms with Crippen LogP contribution < -0.4 is 4.72 Å². The van der Waals surface area contributed by atoms with Crippen molar-refractivity contribution in [2.24, 2.45) is 0 Å². The second kappa shape index (κ2) is 6.54. The predicted molar refractivity (Wildman–Crippen MR) is 101 cm³/mol. The third-order valence-electron chi connectivity index (χ3n) is 3.83. The average Bonchev–Trinajstić information content (AvgIpc) is 3.18. The van der Waals surface area contributed by atoms with E-state index < -0.39 is 15.8 Å². The molecule has 0 spiro atoms. The first-order valence-corrected chi connectivity index (χ1v) is 10.3. The van der Waals surface area contributed by atoms with Gasteiger partial charge >= 0.3 is 0 Å². The van der Waals surface area contributed by atoms with Gasteiger partial charge in [0.1, 0.15) is 5.82 Å². The quantitative estimate of drug-likeness (QED) is 0.560. The zero-order chi connectivity index (χ0) is 18.1. The first-order chi connectivity index (χ1) is 12.5. The molecule has 132 valence electrons. The first-order valence-electron chi connectivity index (χ1n) is 7.77. The number of thiazole rings is 1. The smallest absolute Gasteiger partial charge is 0.236 e. The van der Waals surface area contributed by atoms with Gasteiger partial charge < -0.3 is 0 Å². The molecule has 2 heterocycles. The maximum atomic E-state index is 13.0. The largest absolute Gasteiger partial charge is 0.297 e. The van der Waals surface area contributed by atoms with Gasteiger partial charge in [0.05, 0.1) is 17.1 Å². The van der Waals surface area contributed by atoms with E-state index >= 15 is 0 Å². The Morgan fingerprint density at radius 1 is 1.12 bits per heavy atom. The monoisotopic (exact) mass is 387 g/mol. The summed E-state index contributed by atoms with van der Waals surface area (Å²) in [5, 5.41) is 1.93. The summed E-state index contributed by atoms with van der Waals surface area (Å²) in [7, 11) is -3.65. The minimum Gasteiger partial charge on any atom is -0.297 e. The Labute approximate surface area is 153 Å². The number of hydrogen-bond donors (Lipinski definition) is 1. The van der Waals surface area contributed by atoms with Crippen molar-refractivity contribution in [2.75, 3.05) is 4.72 Å². The van der Waals surface area contributed by atoms with Crippen LogP contribution in [0.2, 0.25) is 0 Å². The lowest BCUT2D eigenvalue weighted by atomic mass is 10.1. The maximum Gasteiger partial charge on any atom is 0.236 e. The summed E-state index contributed by atoms with van der Waals surface area (Å²) < 4.78 is 42.6. The van der Waals surface area contributed by atoms with E-state index in [2.05, 4.69) is 9.71 Å². The maximum absolute atomic E-state index is 13.0. The van der Waals surface area contributed by atoms with Crippen molar-refractivity contribution in [3.63, 3.8) is 0 Å². The van der Waals surface area contributed by atoms with E-state index in [1.54, 1.807) is 12.1 Å². The standard InChI is InChI=1S/C18H14FN3O2S2/c19-14-7-5-13(6-8-14)12-26(23,24)21-16-4-2-1-3-15(16)17-11-22-9-10-25-18(22)20-17/h1-11,21H,12H2. The van der Waals surface area contributed by atoms with Gasteiger partial charge in [-0.2, -0.15) is 0 Å². The highest BCUT2D eigenvalue weighted by atomic mass is 32.2. The zero-order valence-electron chi connectivity index (χ0n) is 13.5. The van der Waals surface area contributed by atoms with E-state index in [-0.39, 0.29) is 5.75 Å². The number of nitrogens with one attached hydrogen (secondary N) is 1. The van der Waals surface area contributed by atoms with Crippen LogP contribution in [-0.4, -0.2) is 17.8 Å². The third kappa shape index (κ3) is 3.47. The highest BCUT2D eigenvalue weighted by molar-refractivity contribution is 7.91. The van der Waals surface area contributed by atoms with E-state index in [0.717, 1.165) is 4.96 Å². The predicted octanol–water partition coefficient (Wildman–Crippen LogP) is 4.14. The van der Waals surface area contributed by atoms with E-state index in [0.29, 0.717) is 22.5 Å². The molecule has 26 heavy (non-hydrogen) atoms. The fraction of sp³-hybridized carbons (Fsp3) is 0.0556. The number of rotatable bonds is 5. The number of nitrogens with zero attached hydrogens (tertiary/aromatic N) is 2. The SMILES string of the molecule is O=S(=O)(Cc1ccc(F)cc1)Nc1ccccc1-c1cn2ccsc2n1. The molecule has 5 nitrogen and oxygen atoms in total. The summed E-state index contributed by atoms with van der Waals surface area (Å²) in [5.41, 5.74) is 2.36. The molecular weight excluding hydrogens is 373 g/mol. The molecule has 0 aliphatic carbocycles. The lowest BCUT2D eigenvalue weighted by Gasteiger charge is -2.11. The Morgan fingerprint density at radius 3 is 2.65 bits per heavy atom. The molecule has 0 amide bonds. The van der Waals surface area contributed by atoms with Gasteiger partial charge in [-0.3, -0.25) is 9.12 Å². The number of imidazole rings is 1. The molecule has 0 atom stereocenters. The van der Waals surface area contributed by atoms with Gasteiger partial charge in [-0.1, -0.05) is 30.3 Å². The molecule has 4 aromatic rings. The highest BCUT2D eigenvalue weighted by Crippen LogP contribution is 2.29. The van der Waals surface area contributed by atoms with Crippen LogP contribution in [0.1, 0.15) is 5.56 Å². The molecule has 0 aliphatic rings. The lowest BCUT2D eigenvalue weighted by molar-refractivity contribution is 0.600. The van der Waals surface area contributed by atoms with E-state index in [4.69, 9.17) is 0 Å². The van der Waals surface area contributed by atoms with Crippen molar-refractivity contribution >= 4 is 32.0 Å². The fourth-order valence-corrected chi connectivity index (χ4v) is 4.57. The first kappa shape index (κ1) is 16.7. The summed E-state index contributed by atoms with van der Waals surface area (Å²) in [6.07, 6.45) is 3.76. The molecule has 0 bridgehead atoms. The van der Waals surface area contributed by atoms with E-state index in [1.165, 1.54) is 35.6 Å². The van der Waals surface area contributed by atoms with Crippen LogP contribution >= 0.6 is 11.3 Å². The molecule has 4 rings (SSSR count). The summed E-state index contributed by atoms with van der Waals surface area (Å²) in [6, 6.07) is 12.5. The van der Waals surface area contributed by atoms with Gasteiger partial charge in [-0.05, 0) is 23.8 Å². The van der Waals surface area contributed by atoms with Crippen LogP contribution in [0.15, 0.2) is 66.3 Å². The lowest BCUT2D eigenvalue weighted by Crippen LogP contribution is -2.15. The molecule has 0 aliphatic heterocycles. The van der Waals surface area contributed by atoms with Gasteiger partial charge in [0.25, 0.3) is 0 Å². The zero-order valence-corrected chi connectivity index (χ0v) is 15.1. The number of para-hydroxylation sites is 1. The molecular formula is C18H14FN3O2S2. The van der Waals surface area contributed by atoms with Crippen LogP contribution in [0.3, 0.4) is 0 Å². The van der Waals surface area contributed by atoms with Gasteiger partial charge in [0.2, 0.25) is 10.0 Å². The normalized spacial score (nSPS) is 11.7. The molecule has 0 radical (unpaired) electrons. The Bertz CT molecular complexity index is 1140. The second-order valence-corrected chi connectivity index (χ2v) is 8.35. The van der Waals surface area contributed by atoms with E-state index in [9.17, 15) is 12.8 Å². The molecule has 0 saturated carbocycles. The Hall–Kier alpha value is -2.71. The summed E-state index contributed by atoms with van der Waals surface area (Å²) in [6.45, 7) is 0. The van der Waals surface area contributed by atoms with Gasteiger partial charge in [-0.25, -0.2) is 17.8 Å². The number of sulfonamides is 1. The van der Waals surface area contributed by atoms with Crippen LogP contribution in [0.5, 0.6) is 0 Å². The number of halogens is 1. The number of anilines is 1. The Morgan fingerprint density at radius 2 is 1.88 bits per heavy atom. The molecule has 0 fully saturated rings. The topological polar surface area (TPSA) is 63.5 Å². The number of benzene rings is 2. The Kier molecular flexibility index (Phi) is 4.21. The Balaban J connectivity index is 1.63. The van der Waals surface area contributed by atoms with Gasteiger partial charge in [-0.15, -0.1) is 11.3 Å². The van der Waals surface area contributed by atoms with Crippen molar-refractivity contribution in [1.82, 2.24) is 9.38 Å². The van der Waals surface area contributed by atoms with Crippen molar-refractivity contribution in [1.29, 1.82) is 0 Å². The van der Waals surface area contributed by atoms with Crippen LogP contribution in [0.4, 0.5) is 10.1 Å². The number of hydrogen-bond acceptors (Lipinski definition) is 4. The van der Waals surface area contributed by atoms with Gasteiger partial charge in [0.15, 0.2) is 4.96 Å². The highest BCUT2D eigenvalue weighted by Gasteiger charge is 2.16. The van der Waals surface area contributed by atoms with Crippen LogP contribution in [0, 0.1) is 5.82 Å². The molecule has 0 unspecified atom stereocenters. The number of fused-ring (bicyclic) bond motifs is 1. The van der Waals surface area contributed by atoms with Gasteiger partial charge in [0, 0.05) is 23.3 Å². The summed E-state index contributed by atoms with van der Waals surface area (Å²) in [4.78, 5) is 5.37.